The highest BCUT2D eigenvalue weighted by molar-refractivity contribution is 9.08. The maximum Gasteiger partial charge on any atom is 0.137 e. The first-order chi connectivity index (χ1) is 6.40. The Morgan fingerprint density at radius 3 is 2.85 bits per heavy atom. The molecular formula is C9H8BrN3. The Kier molecular flexibility index (Phi) is 2.40. The highest BCUT2D eigenvalue weighted by Crippen LogP contribution is 2.07. The molecule has 0 saturated heterocycles. The van der Waals surface area contributed by atoms with Crippen molar-refractivity contribution in [3.05, 3.63) is 42.6 Å². The van der Waals surface area contributed by atoms with E-state index in [0.717, 1.165) is 11.1 Å². The largest absolute Gasteiger partial charge is 0.291 e. The molecule has 0 radical (unpaired) electrons. The van der Waals surface area contributed by atoms with Gasteiger partial charge in [0.05, 0.1) is 0 Å². The lowest BCUT2D eigenvalue weighted by Gasteiger charge is -2.00. The second-order valence-corrected chi connectivity index (χ2v) is 3.19. The predicted octanol–water partition coefficient (Wildman–Crippen LogP) is 2.16. The fraction of sp³-hybridized carbons (Fsp3) is 0.111. The monoisotopic (exact) mass is 237 g/mol. The van der Waals surface area contributed by atoms with Gasteiger partial charge in [0.15, 0.2) is 0 Å². The van der Waals surface area contributed by atoms with Crippen LogP contribution in [0.1, 0.15) is 5.56 Å². The number of pyridine rings is 1. The maximum atomic E-state index is 4.28. The quantitative estimate of drug-likeness (QED) is 0.750. The van der Waals surface area contributed by atoms with Crippen molar-refractivity contribution >= 4 is 15.9 Å². The lowest BCUT2D eigenvalue weighted by molar-refractivity contribution is 0.987. The van der Waals surface area contributed by atoms with Crippen molar-refractivity contribution in [3.63, 3.8) is 0 Å². The van der Waals surface area contributed by atoms with E-state index in [4.69, 9.17) is 0 Å². The van der Waals surface area contributed by atoms with Crippen molar-refractivity contribution in [1.29, 1.82) is 0 Å². The molecule has 0 saturated carbocycles. The highest BCUT2D eigenvalue weighted by atomic mass is 79.9. The molecule has 0 aliphatic rings. The predicted molar refractivity (Wildman–Crippen MR) is 54.0 cm³/mol. The number of imidazole rings is 1. The van der Waals surface area contributed by atoms with E-state index in [-0.39, 0.29) is 0 Å². The van der Waals surface area contributed by atoms with Gasteiger partial charge in [-0.25, -0.2) is 9.97 Å². The molecule has 66 valence electrons. The smallest absolute Gasteiger partial charge is 0.137 e. The Hall–Kier alpha value is -1.16. The van der Waals surface area contributed by atoms with Crippen LogP contribution in [0.3, 0.4) is 0 Å². The molecule has 2 aromatic rings. The van der Waals surface area contributed by atoms with Gasteiger partial charge >= 0.3 is 0 Å². The molecular weight excluding hydrogens is 230 g/mol. The van der Waals surface area contributed by atoms with E-state index >= 15 is 0 Å². The first kappa shape index (κ1) is 8.44. The highest BCUT2D eigenvalue weighted by Gasteiger charge is 1.96. The first-order valence-electron chi connectivity index (χ1n) is 3.89. The fourth-order valence-electron chi connectivity index (χ4n) is 1.04. The molecule has 2 aromatic heterocycles. The number of rotatable bonds is 2. The van der Waals surface area contributed by atoms with Crippen LogP contribution in [0.4, 0.5) is 0 Å². The normalized spacial score (nSPS) is 10.2. The summed E-state index contributed by atoms with van der Waals surface area (Å²) in [4.78, 5) is 8.24. The maximum absolute atomic E-state index is 4.28. The Balaban J connectivity index is 2.33. The van der Waals surface area contributed by atoms with Crippen LogP contribution in [0.2, 0.25) is 0 Å². The van der Waals surface area contributed by atoms with Crippen molar-refractivity contribution in [2.24, 2.45) is 0 Å². The zero-order valence-corrected chi connectivity index (χ0v) is 8.48. The molecule has 0 fully saturated rings. The number of hydrogen-bond donors (Lipinski definition) is 0. The van der Waals surface area contributed by atoms with Gasteiger partial charge in [-0.05, 0) is 11.6 Å². The molecule has 3 nitrogen and oxygen atoms in total. The summed E-state index contributed by atoms with van der Waals surface area (Å²) in [7, 11) is 0. The van der Waals surface area contributed by atoms with Crippen LogP contribution < -0.4 is 0 Å². The van der Waals surface area contributed by atoms with Crippen LogP contribution in [-0.4, -0.2) is 14.5 Å². The molecule has 0 unspecified atom stereocenters. The van der Waals surface area contributed by atoms with Crippen molar-refractivity contribution in [3.8, 4) is 5.82 Å². The van der Waals surface area contributed by atoms with Gasteiger partial charge in [-0.1, -0.05) is 22.0 Å². The minimum Gasteiger partial charge on any atom is -0.291 e. The number of aromatic nitrogens is 3. The van der Waals surface area contributed by atoms with Crippen LogP contribution in [0.25, 0.3) is 5.82 Å². The molecule has 2 rings (SSSR count). The van der Waals surface area contributed by atoms with E-state index in [0.29, 0.717) is 0 Å². The molecule has 0 aliphatic carbocycles. The molecule has 0 bridgehead atoms. The summed E-state index contributed by atoms with van der Waals surface area (Å²) in [5.74, 6) is 0.891. The lowest BCUT2D eigenvalue weighted by atomic mass is 10.3. The van der Waals surface area contributed by atoms with Gasteiger partial charge in [-0.2, -0.15) is 0 Å². The van der Waals surface area contributed by atoms with Gasteiger partial charge in [0.25, 0.3) is 0 Å². The summed E-state index contributed by atoms with van der Waals surface area (Å²) in [5.41, 5.74) is 1.17. The Labute approximate surface area is 84.6 Å². The molecule has 4 heteroatoms. The summed E-state index contributed by atoms with van der Waals surface area (Å²) >= 11 is 3.37. The topological polar surface area (TPSA) is 30.7 Å². The number of nitrogens with zero attached hydrogens (tertiary/aromatic N) is 3. The molecule has 0 amide bonds. The van der Waals surface area contributed by atoms with Gasteiger partial charge in [0.1, 0.15) is 12.1 Å². The molecule has 0 N–H and O–H groups in total. The van der Waals surface area contributed by atoms with Crippen LogP contribution >= 0.6 is 15.9 Å². The van der Waals surface area contributed by atoms with Crippen LogP contribution in [0.15, 0.2) is 37.1 Å². The molecule has 0 spiro atoms. The van der Waals surface area contributed by atoms with E-state index in [1.165, 1.54) is 5.56 Å². The third kappa shape index (κ3) is 1.78. The third-order valence-corrected chi connectivity index (χ3v) is 2.38. The average molecular weight is 238 g/mol. The Morgan fingerprint density at radius 2 is 2.31 bits per heavy atom. The van der Waals surface area contributed by atoms with Gasteiger partial charge in [0, 0.05) is 23.9 Å². The molecule has 0 aliphatic heterocycles. The summed E-state index contributed by atoms with van der Waals surface area (Å²) in [5, 5.41) is 0.838. The van der Waals surface area contributed by atoms with Crippen molar-refractivity contribution < 1.29 is 0 Å². The molecule has 2 heterocycles. The van der Waals surface area contributed by atoms with Crippen LogP contribution in [-0.2, 0) is 5.33 Å². The first-order valence-corrected chi connectivity index (χ1v) is 5.01. The Bertz CT molecular complexity index is 366. The van der Waals surface area contributed by atoms with Crippen molar-refractivity contribution in [1.82, 2.24) is 14.5 Å². The molecule has 0 atom stereocenters. The van der Waals surface area contributed by atoms with Gasteiger partial charge in [-0.15, -0.1) is 0 Å². The summed E-state index contributed by atoms with van der Waals surface area (Å²) < 4.78 is 1.87. The van der Waals surface area contributed by atoms with Crippen LogP contribution in [0, 0.1) is 0 Å². The minimum atomic E-state index is 0.838. The summed E-state index contributed by atoms with van der Waals surface area (Å²) in [6.45, 7) is 0. The van der Waals surface area contributed by atoms with Gasteiger partial charge in [0.2, 0.25) is 0 Å². The Morgan fingerprint density at radius 1 is 1.38 bits per heavy atom. The zero-order valence-electron chi connectivity index (χ0n) is 6.89. The summed E-state index contributed by atoms with van der Waals surface area (Å²) in [6, 6.07) is 4.01. The van der Waals surface area contributed by atoms with E-state index in [1.807, 2.05) is 29.1 Å². The third-order valence-electron chi connectivity index (χ3n) is 1.73. The van der Waals surface area contributed by atoms with Gasteiger partial charge in [-0.3, -0.25) is 4.57 Å². The molecule has 13 heavy (non-hydrogen) atoms. The second-order valence-electron chi connectivity index (χ2n) is 2.63. The SMILES string of the molecule is BrCc1ccc(-n2ccnc2)nc1. The standard InChI is InChI=1S/C9H8BrN3/c10-5-8-1-2-9(12-6-8)13-4-3-11-7-13/h1-4,6-7H,5H2. The average Bonchev–Trinajstić information content (AvgIpc) is 2.71. The van der Waals surface area contributed by atoms with Gasteiger partial charge < -0.3 is 0 Å². The second kappa shape index (κ2) is 3.70. The number of alkyl halides is 1. The summed E-state index contributed by atoms with van der Waals surface area (Å²) in [6.07, 6.45) is 7.19. The van der Waals surface area contributed by atoms with Crippen LogP contribution in [0.5, 0.6) is 0 Å². The van der Waals surface area contributed by atoms with Crippen molar-refractivity contribution in [2.75, 3.05) is 0 Å². The lowest BCUT2D eigenvalue weighted by Crippen LogP contribution is -1.93. The van der Waals surface area contributed by atoms with E-state index < -0.39 is 0 Å². The fourth-order valence-corrected chi connectivity index (χ4v) is 1.37. The number of halogens is 1. The molecule has 0 aromatic carbocycles. The number of hydrogen-bond acceptors (Lipinski definition) is 2. The zero-order chi connectivity index (χ0) is 9.10. The minimum absolute atomic E-state index is 0.838. The van der Waals surface area contributed by atoms with E-state index in [1.54, 1.807) is 12.5 Å². The van der Waals surface area contributed by atoms with E-state index in [9.17, 15) is 0 Å². The van der Waals surface area contributed by atoms with Crippen molar-refractivity contribution in [2.45, 2.75) is 5.33 Å². The van der Waals surface area contributed by atoms with E-state index in [2.05, 4.69) is 25.9 Å².